The zero-order chi connectivity index (χ0) is 22.5. The average molecular weight is 457 g/mol. The van der Waals surface area contributed by atoms with E-state index in [1.165, 1.54) is 21.8 Å². The van der Waals surface area contributed by atoms with Gasteiger partial charge in [-0.15, -0.1) is 21.5 Å². The van der Waals surface area contributed by atoms with Crippen molar-refractivity contribution in [1.82, 2.24) is 10.2 Å². The fourth-order valence-electron chi connectivity index (χ4n) is 3.47. The summed E-state index contributed by atoms with van der Waals surface area (Å²) in [6, 6.07) is 8.56. The van der Waals surface area contributed by atoms with E-state index in [1.807, 2.05) is 0 Å². The Kier molecular flexibility index (Phi) is 7.84. The Morgan fingerprint density at radius 2 is 1.61 bits per heavy atom. The largest absolute Gasteiger partial charge is 0.360 e. The summed E-state index contributed by atoms with van der Waals surface area (Å²) in [5, 5.41) is 17.9. The molecule has 0 saturated heterocycles. The number of benzene rings is 1. The standard InChI is InChI=1S/C24H32N4OS2/c1-14(2)17-12-19(15(3)4)21(20(13-17)16(5)6)22(29)26-24-28-27-23(31-24)25-10-9-18-8-7-11-30-18/h7-8,11-16H,9-10H2,1-6H3,(H,25,27)(H,26,28,29). The van der Waals surface area contributed by atoms with Gasteiger partial charge in [0.25, 0.3) is 5.91 Å². The molecule has 0 spiro atoms. The van der Waals surface area contributed by atoms with Gasteiger partial charge in [0, 0.05) is 17.0 Å². The van der Waals surface area contributed by atoms with Crippen molar-refractivity contribution in [2.75, 3.05) is 17.2 Å². The van der Waals surface area contributed by atoms with Crippen LogP contribution in [0.5, 0.6) is 0 Å². The first-order valence-electron chi connectivity index (χ1n) is 10.8. The molecule has 0 aliphatic carbocycles. The highest BCUT2D eigenvalue weighted by Crippen LogP contribution is 2.33. The van der Waals surface area contributed by atoms with E-state index in [4.69, 9.17) is 0 Å². The molecule has 0 fully saturated rings. The third kappa shape index (κ3) is 5.92. The van der Waals surface area contributed by atoms with Gasteiger partial charge in [0.1, 0.15) is 0 Å². The fourth-order valence-corrected chi connectivity index (χ4v) is 4.84. The molecule has 0 saturated carbocycles. The quantitative estimate of drug-likeness (QED) is 0.368. The van der Waals surface area contributed by atoms with E-state index < -0.39 is 0 Å². The molecule has 0 atom stereocenters. The zero-order valence-corrected chi connectivity index (χ0v) is 20.8. The first kappa shape index (κ1) is 23.4. The van der Waals surface area contributed by atoms with Crippen LogP contribution in [-0.2, 0) is 6.42 Å². The van der Waals surface area contributed by atoms with Crippen molar-refractivity contribution >= 4 is 38.8 Å². The lowest BCUT2D eigenvalue weighted by Crippen LogP contribution is -2.19. The smallest absolute Gasteiger partial charge is 0.258 e. The Labute approximate surface area is 193 Å². The molecule has 3 rings (SSSR count). The predicted molar refractivity (Wildman–Crippen MR) is 133 cm³/mol. The van der Waals surface area contributed by atoms with Gasteiger partial charge in [0.15, 0.2) is 0 Å². The summed E-state index contributed by atoms with van der Waals surface area (Å²) in [5.41, 5.74) is 4.23. The molecule has 3 aromatic rings. The second-order valence-electron chi connectivity index (χ2n) is 8.66. The van der Waals surface area contributed by atoms with E-state index in [2.05, 4.69) is 92.0 Å². The molecule has 1 amide bonds. The highest BCUT2D eigenvalue weighted by molar-refractivity contribution is 7.19. The Bertz CT molecular complexity index is 978. The van der Waals surface area contributed by atoms with Gasteiger partial charge in [0.05, 0.1) is 0 Å². The second kappa shape index (κ2) is 10.4. The Morgan fingerprint density at radius 1 is 0.968 bits per heavy atom. The predicted octanol–water partition coefficient (Wildman–Crippen LogP) is 6.88. The van der Waals surface area contributed by atoms with Crippen molar-refractivity contribution in [2.45, 2.75) is 65.7 Å². The van der Waals surface area contributed by atoms with E-state index >= 15 is 0 Å². The number of carbonyl (C=O) groups is 1. The number of hydrogen-bond acceptors (Lipinski definition) is 6. The maximum Gasteiger partial charge on any atom is 0.258 e. The van der Waals surface area contributed by atoms with Crippen LogP contribution >= 0.6 is 22.7 Å². The normalized spacial score (nSPS) is 11.5. The van der Waals surface area contributed by atoms with Gasteiger partial charge < -0.3 is 5.32 Å². The van der Waals surface area contributed by atoms with E-state index in [1.54, 1.807) is 11.3 Å². The van der Waals surface area contributed by atoms with Crippen LogP contribution in [-0.4, -0.2) is 22.6 Å². The molecule has 0 radical (unpaired) electrons. The van der Waals surface area contributed by atoms with E-state index in [0.717, 1.165) is 34.8 Å². The molecule has 1 aromatic carbocycles. The van der Waals surface area contributed by atoms with Gasteiger partial charge in [0.2, 0.25) is 10.3 Å². The maximum atomic E-state index is 13.3. The minimum Gasteiger partial charge on any atom is -0.360 e. The number of rotatable bonds is 9. The molecule has 2 aromatic heterocycles. The van der Waals surface area contributed by atoms with Gasteiger partial charge in [-0.1, -0.05) is 71.1 Å². The van der Waals surface area contributed by atoms with Gasteiger partial charge >= 0.3 is 0 Å². The van der Waals surface area contributed by atoms with Crippen LogP contribution in [0.2, 0.25) is 0 Å². The lowest BCUT2D eigenvalue weighted by molar-refractivity contribution is 0.102. The Balaban J connectivity index is 1.77. The van der Waals surface area contributed by atoms with E-state index in [-0.39, 0.29) is 17.7 Å². The van der Waals surface area contributed by atoms with E-state index in [0.29, 0.717) is 11.0 Å². The van der Waals surface area contributed by atoms with Crippen molar-refractivity contribution in [1.29, 1.82) is 0 Å². The van der Waals surface area contributed by atoms with Crippen LogP contribution in [0.4, 0.5) is 10.3 Å². The number of nitrogens with zero attached hydrogens (tertiary/aromatic N) is 2. The summed E-state index contributed by atoms with van der Waals surface area (Å²) >= 11 is 3.12. The van der Waals surface area contributed by atoms with Crippen molar-refractivity contribution in [2.24, 2.45) is 0 Å². The van der Waals surface area contributed by atoms with Gasteiger partial charge in [-0.05, 0) is 52.3 Å². The summed E-state index contributed by atoms with van der Waals surface area (Å²) in [7, 11) is 0. The highest BCUT2D eigenvalue weighted by Gasteiger charge is 2.23. The van der Waals surface area contributed by atoms with Crippen molar-refractivity contribution < 1.29 is 4.79 Å². The number of amides is 1. The molecule has 166 valence electrons. The maximum absolute atomic E-state index is 13.3. The van der Waals surface area contributed by atoms with Crippen LogP contribution in [0.3, 0.4) is 0 Å². The molecule has 0 unspecified atom stereocenters. The number of thiophene rings is 1. The average Bonchev–Trinajstić information content (AvgIpc) is 3.39. The summed E-state index contributed by atoms with van der Waals surface area (Å²) in [6.07, 6.45) is 0.941. The minimum atomic E-state index is -0.107. The molecular formula is C24H32N4OS2. The first-order valence-corrected chi connectivity index (χ1v) is 12.5. The van der Waals surface area contributed by atoms with Crippen molar-refractivity contribution in [3.63, 3.8) is 0 Å². The lowest BCUT2D eigenvalue weighted by Gasteiger charge is -2.22. The number of anilines is 2. The Morgan fingerprint density at radius 3 is 2.16 bits per heavy atom. The molecule has 0 bridgehead atoms. The third-order valence-electron chi connectivity index (χ3n) is 5.23. The van der Waals surface area contributed by atoms with Crippen molar-refractivity contribution in [3.05, 3.63) is 56.8 Å². The molecule has 7 heteroatoms. The van der Waals surface area contributed by atoms with Gasteiger partial charge in [-0.25, -0.2) is 0 Å². The van der Waals surface area contributed by atoms with Crippen LogP contribution < -0.4 is 10.6 Å². The monoisotopic (exact) mass is 456 g/mol. The minimum absolute atomic E-state index is 0.107. The van der Waals surface area contributed by atoms with Crippen LogP contribution in [0.15, 0.2) is 29.6 Å². The fraction of sp³-hybridized carbons (Fsp3) is 0.458. The number of nitrogens with one attached hydrogen (secondary N) is 2. The van der Waals surface area contributed by atoms with Crippen LogP contribution in [0, 0.1) is 0 Å². The number of carbonyl (C=O) groups excluding carboxylic acids is 1. The summed E-state index contributed by atoms with van der Waals surface area (Å²) in [6.45, 7) is 13.7. The molecule has 0 aliphatic rings. The molecule has 0 aliphatic heterocycles. The van der Waals surface area contributed by atoms with E-state index in [9.17, 15) is 4.79 Å². The Hall–Kier alpha value is -2.25. The molecule has 31 heavy (non-hydrogen) atoms. The molecular weight excluding hydrogens is 424 g/mol. The van der Waals surface area contributed by atoms with Gasteiger partial charge in [-0.2, -0.15) is 0 Å². The number of hydrogen-bond donors (Lipinski definition) is 2. The summed E-state index contributed by atoms with van der Waals surface area (Å²) in [4.78, 5) is 14.7. The molecule has 2 heterocycles. The first-order chi connectivity index (χ1) is 14.8. The third-order valence-corrected chi connectivity index (χ3v) is 6.97. The van der Waals surface area contributed by atoms with Gasteiger partial charge in [-0.3, -0.25) is 10.1 Å². The van der Waals surface area contributed by atoms with Crippen molar-refractivity contribution in [3.8, 4) is 0 Å². The van der Waals surface area contributed by atoms with Crippen LogP contribution in [0.1, 0.15) is 91.2 Å². The highest BCUT2D eigenvalue weighted by atomic mass is 32.1. The second-order valence-corrected chi connectivity index (χ2v) is 10.7. The SMILES string of the molecule is CC(C)c1cc(C(C)C)c(C(=O)Nc2nnc(NCCc3cccs3)s2)c(C(C)C)c1. The lowest BCUT2D eigenvalue weighted by atomic mass is 9.84. The molecule has 5 nitrogen and oxygen atoms in total. The molecule has 2 N–H and O–H groups in total. The topological polar surface area (TPSA) is 66.9 Å². The summed E-state index contributed by atoms with van der Waals surface area (Å²) in [5.74, 6) is 0.809. The zero-order valence-electron chi connectivity index (χ0n) is 19.2. The number of aromatic nitrogens is 2. The van der Waals surface area contributed by atoms with Crippen LogP contribution in [0.25, 0.3) is 0 Å². The summed E-state index contributed by atoms with van der Waals surface area (Å²) < 4.78 is 0.